The second-order valence-electron chi connectivity index (χ2n) is 4.67. The van der Waals surface area contributed by atoms with Gasteiger partial charge in [0, 0.05) is 0 Å². The van der Waals surface area contributed by atoms with E-state index in [0.717, 1.165) is 5.56 Å². The zero-order valence-electron chi connectivity index (χ0n) is 11.2. The van der Waals surface area contributed by atoms with Crippen LogP contribution in [0.3, 0.4) is 0 Å². The van der Waals surface area contributed by atoms with Crippen LogP contribution < -0.4 is 0 Å². The van der Waals surface area contributed by atoms with Crippen LogP contribution in [0.1, 0.15) is 26.3 Å². The molecule has 0 saturated heterocycles. The van der Waals surface area contributed by atoms with E-state index in [2.05, 4.69) is 5.22 Å². The van der Waals surface area contributed by atoms with Gasteiger partial charge in [-0.3, -0.25) is 0 Å². The summed E-state index contributed by atoms with van der Waals surface area (Å²) >= 11 is 0. The molecule has 1 heterocycles. The Bertz CT molecular complexity index is 731. The normalized spacial score (nSPS) is 14.5. The van der Waals surface area contributed by atoms with Crippen LogP contribution >= 0.6 is 0 Å². The van der Waals surface area contributed by atoms with Gasteiger partial charge >= 0.3 is 11.8 Å². The maximum Gasteiger partial charge on any atom is 0.370 e. The van der Waals surface area contributed by atoms with Gasteiger partial charge in [0.25, 0.3) is 0 Å². The highest BCUT2D eigenvalue weighted by atomic mass is 16.5. The molecule has 1 aliphatic rings. The fourth-order valence-corrected chi connectivity index (χ4v) is 2.06. The van der Waals surface area contributed by atoms with Crippen molar-refractivity contribution in [2.75, 3.05) is 0 Å². The van der Waals surface area contributed by atoms with Crippen LogP contribution in [-0.2, 0) is 0 Å². The first-order chi connectivity index (χ1) is 10.1. The minimum Gasteiger partial charge on any atom is -0.691 e. The number of fused-ring (bicyclic) bond motifs is 1. The first-order valence-corrected chi connectivity index (χ1v) is 6.31. The summed E-state index contributed by atoms with van der Waals surface area (Å²) in [7, 11) is 0. The molecule has 2 amide bonds. The van der Waals surface area contributed by atoms with E-state index >= 15 is 0 Å². The molecule has 21 heavy (non-hydrogen) atoms. The predicted octanol–water partition coefficient (Wildman–Crippen LogP) is 2.80. The van der Waals surface area contributed by atoms with Crippen molar-refractivity contribution in [3.63, 3.8) is 0 Å². The lowest BCUT2D eigenvalue weighted by molar-refractivity contribution is -0.455. The molecule has 0 radical (unpaired) electrons. The van der Waals surface area contributed by atoms with E-state index in [9.17, 15) is 14.8 Å². The first kappa shape index (κ1) is 13.0. The number of hydrogen-bond acceptors (Lipinski definition) is 4. The van der Waals surface area contributed by atoms with Gasteiger partial charge in [-0.05, 0) is 36.2 Å². The number of imide groups is 1. The van der Waals surface area contributed by atoms with Gasteiger partial charge in [-0.1, -0.05) is 29.8 Å². The van der Waals surface area contributed by atoms with Crippen LogP contribution in [0.5, 0.6) is 0 Å². The molecule has 2 aromatic carbocycles. The van der Waals surface area contributed by atoms with Crippen LogP contribution in [0.2, 0.25) is 0 Å². The van der Waals surface area contributed by atoms with E-state index in [1.54, 1.807) is 36.4 Å². The van der Waals surface area contributed by atoms with Crippen LogP contribution in [0.4, 0.5) is 5.69 Å². The van der Waals surface area contributed by atoms with Crippen molar-refractivity contribution >= 4 is 17.5 Å². The molecule has 104 valence electrons. The van der Waals surface area contributed by atoms with Crippen molar-refractivity contribution in [2.45, 2.75) is 6.92 Å². The lowest BCUT2D eigenvalue weighted by atomic mass is 10.1. The molecule has 0 spiro atoms. The lowest BCUT2D eigenvalue weighted by Crippen LogP contribution is -2.25. The number of aryl methyl sites for hydroxylation is 1. The van der Waals surface area contributed by atoms with E-state index in [4.69, 9.17) is 0 Å². The van der Waals surface area contributed by atoms with E-state index in [1.165, 1.54) is 12.1 Å². The van der Waals surface area contributed by atoms with Crippen LogP contribution in [-0.4, -0.2) is 21.7 Å². The molecule has 2 aromatic rings. The summed E-state index contributed by atoms with van der Waals surface area (Å²) in [4.78, 5) is 24.4. The Balaban J connectivity index is 1.96. The third-order valence-electron chi connectivity index (χ3n) is 3.20. The topological polar surface area (TPSA) is 75.8 Å². The summed E-state index contributed by atoms with van der Waals surface area (Å²) in [6.07, 6.45) is 0. The quantitative estimate of drug-likeness (QED) is 0.367. The van der Waals surface area contributed by atoms with Gasteiger partial charge in [0.1, 0.15) is 5.22 Å². The molecule has 0 aromatic heterocycles. The number of carbonyl (C=O) groups excluding carboxylic acids is 2. The molecule has 6 heteroatoms. The Morgan fingerprint density at radius 1 is 0.952 bits per heavy atom. The van der Waals surface area contributed by atoms with Crippen LogP contribution in [0.25, 0.3) is 0 Å². The van der Waals surface area contributed by atoms with Gasteiger partial charge in [-0.15, -0.1) is 4.86 Å². The third-order valence-corrected chi connectivity index (χ3v) is 3.20. The minimum absolute atomic E-state index is 0.247. The first-order valence-electron chi connectivity index (χ1n) is 6.31. The van der Waals surface area contributed by atoms with Crippen molar-refractivity contribution in [3.05, 3.63) is 70.4 Å². The number of amides is 2. The molecule has 1 aliphatic heterocycles. The Hall–Kier alpha value is -3.02. The van der Waals surface area contributed by atoms with Gasteiger partial charge < -0.3 is 5.21 Å². The Morgan fingerprint density at radius 3 is 2.00 bits per heavy atom. The second kappa shape index (κ2) is 4.82. The highest BCUT2D eigenvalue weighted by Gasteiger charge is 2.43. The fourth-order valence-electron chi connectivity index (χ4n) is 2.06. The number of carbonyl (C=O) groups is 2. The van der Waals surface area contributed by atoms with Gasteiger partial charge in [0.05, 0.1) is 11.1 Å². The van der Waals surface area contributed by atoms with E-state index in [-0.39, 0.29) is 21.7 Å². The molecule has 0 bridgehead atoms. The molecule has 0 saturated carbocycles. The van der Waals surface area contributed by atoms with Crippen molar-refractivity contribution in [1.82, 2.24) is 5.01 Å². The average Bonchev–Trinajstić information content (AvgIpc) is 2.73. The average molecular weight is 281 g/mol. The molecular formula is C15H11N3O3. The molecule has 0 N–H and O–H groups in total. The van der Waals surface area contributed by atoms with E-state index in [0.29, 0.717) is 5.01 Å². The van der Waals surface area contributed by atoms with Gasteiger partial charge in [-0.25, -0.2) is 9.59 Å². The molecule has 0 fully saturated rings. The Morgan fingerprint density at radius 2 is 1.48 bits per heavy atom. The molecule has 0 unspecified atom stereocenters. The van der Waals surface area contributed by atoms with Crippen molar-refractivity contribution in [3.8, 4) is 0 Å². The van der Waals surface area contributed by atoms with Crippen molar-refractivity contribution in [2.24, 2.45) is 5.22 Å². The molecule has 3 rings (SSSR count). The third kappa shape index (κ3) is 2.16. The zero-order chi connectivity index (χ0) is 15.0. The lowest BCUT2D eigenvalue weighted by Gasteiger charge is -2.07. The van der Waals surface area contributed by atoms with Gasteiger partial charge in [-0.2, -0.15) is 0 Å². The van der Waals surface area contributed by atoms with E-state index in [1.807, 2.05) is 6.92 Å². The molecule has 6 nitrogen and oxygen atoms in total. The maximum absolute atomic E-state index is 12.1. The smallest absolute Gasteiger partial charge is 0.370 e. The summed E-state index contributed by atoms with van der Waals surface area (Å²) in [6.45, 7) is 1.89. The SMILES string of the molecule is Cc1ccc(/[N+]([O-])=N/N2C(=O)c3ccccc3C2=O)cc1. The fraction of sp³-hybridized carbons (Fsp3) is 0.0667. The summed E-state index contributed by atoms with van der Waals surface area (Å²) < 4.78 is 0. The zero-order valence-corrected chi connectivity index (χ0v) is 11.2. The number of benzene rings is 2. The Labute approximate surface area is 120 Å². The number of nitrogens with zero attached hydrogens (tertiary/aromatic N) is 3. The van der Waals surface area contributed by atoms with Crippen LogP contribution in [0.15, 0.2) is 53.8 Å². The highest BCUT2D eigenvalue weighted by molar-refractivity contribution is 6.20. The summed E-state index contributed by atoms with van der Waals surface area (Å²) in [5.41, 5.74) is 1.75. The second-order valence-corrected chi connectivity index (χ2v) is 4.67. The minimum atomic E-state index is -0.594. The largest absolute Gasteiger partial charge is 0.691 e. The predicted molar refractivity (Wildman–Crippen MR) is 73.8 cm³/mol. The van der Waals surface area contributed by atoms with Gasteiger partial charge in [0.2, 0.25) is 0 Å². The number of hydrogen-bond donors (Lipinski definition) is 0. The van der Waals surface area contributed by atoms with Crippen molar-refractivity contribution < 1.29 is 14.4 Å². The maximum atomic E-state index is 12.1. The highest BCUT2D eigenvalue weighted by Crippen LogP contribution is 2.23. The summed E-state index contributed by atoms with van der Waals surface area (Å²) in [5, 5.41) is 16.1. The summed E-state index contributed by atoms with van der Waals surface area (Å²) in [6, 6.07) is 13.0. The monoisotopic (exact) mass is 281 g/mol. The van der Waals surface area contributed by atoms with Crippen molar-refractivity contribution in [1.29, 1.82) is 0 Å². The molecule has 0 atom stereocenters. The molecule has 0 aliphatic carbocycles. The van der Waals surface area contributed by atoms with E-state index < -0.39 is 11.8 Å². The van der Waals surface area contributed by atoms with Crippen LogP contribution in [0, 0.1) is 12.1 Å². The standard InChI is InChI=1S/C15H11N3O3/c1-10-6-8-11(9-7-10)18(21)16-17-14(19)12-4-2-3-5-13(12)15(17)20/h2-9H,1H3/b18-16-. The summed E-state index contributed by atoms with van der Waals surface area (Å²) in [5.74, 6) is -1.19. The van der Waals surface area contributed by atoms with Gasteiger partial charge in [0.15, 0.2) is 5.69 Å². The number of rotatable bonds is 2. The Kier molecular flexibility index (Phi) is 2.98. The molecular weight excluding hydrogens is 270 g/mol.